The lowest BCUT2D eigenvalue weighted by molar-refractivity contribution is -0.394. The minimum atomic E-state index is -1.22. The summed E-state index contributed by atoms with van der Waals surface area (Å²) in [5, 5.41) is 58.8. The first-order valence-electron chi connectivity index (χ1n) is 14.2. The van der Waals surface area contributed by atoms with E-state index in [1.165, 1.54) is 18.2 Å². The molecule has 5 aliphatic rings. The van der Waals surface area contributed by atoms with E-state index >= 15 is 0 Å². The monoisotopic (exact) mass is 556 g/mol. The molecule has 10 atom stereocenters. The van der Waals surface area contributed by atoms with E-state index < -0.39 is 50.4 Å². The van der Waals surface area contributed by atoms with Crippen molar-refractivity contribution >= 4 is 17.3 Å². The summed E-state index contributed by atoms with van der Waals surface area (Å²) in [7, 11) is 0. The topological polar surface area (TPSA) is 173 Å². The van der Waals surface area contributed by atoms with Gasteiger partial charge in [-0.05, 0) is 91.6 Å². The number of benzene rings is 1. The zero-order valence-electron chi connectivity index (χ0n) is 22.7. The second-order valence-electron chi connectivity index (χ2n) is 13.2. The van der Waals surface area contributed by atoms with Gasteiger partial charge in [0, 0.05) is 23.1 Å². The molecule has 1 heterocycles. The van der Waals surface area contributed by atoms with Crippen LogP contribution in [0.4, 0.5) is 11.4 Å². The van der Waals surface area contributed by atoms with Gasteiger partial charge in [-0.15, -0.1) is 0 Å². The summed E-state index contributed by atoms with van der Waals surface area (Å²) in [5.41, 5.74) is -2.26. The number of esters is 1. The molecule has 0 bridgehead atoms. The molecule has 40 heavy (non-hydrogen) atoms. The molecule has 11 heteroatoms. The van der Waals surface area contributed by atoms with Crippen LogP contribution in [0.3, 0.4) is 0 Å². The van der Waals surface area contributed by atoms with Crippen molar-refractivity contribution in [1.82, 2.24) is 0 Å². The first kappa shape index (κ1) is 27.3. The number of non-ortho nitro benzene ring substituents is 1. The smallest absolute Gasteiger partial charge is 0.331 e. The second-order valence-corrected chi connectivity index (χ2v) is 13.2. The molecule has 1 aromatic carbocycles. The molecule has 4 aliphatic carbocycles. The van der Waals surface area contributed by atoms with E-state index in [2.05, 4.69) is 6.92 Å². The van der Waals surface area contributed by atoms with Crippen molar-refractivity contribution < 1.29 is 34.7 Å². The van der Waals surface area contributed by atoms with E-state index in [4.69, 9.17) is 4.74 Å². The van der Waals surface area contributed by atoms with Crippen LogP contribution in [-0.4, -0.2) is 55.6 Å². The van der Waals surface area contributed by atoms with Crippen LogP contribution in [0.5, 0.6) is 0 Å². The van der Waals surface area contributed by atoms with Crippen molar-refractivity contribution in [3.8, 4) is 0 Å². The maximum atomic E-state index is 12.5. The van der Waals surface area contributed by atoms with E-state index in [1.54, 1.807) is 0 Å². The van der Waals surface area contributed by atoms with Gasteiger partial charge in [0.2, 0.25) is 0 Å². The fourth-order valence-electron chi connectivity index (χ4n) is 10.0. The Morgan fingerprint density at radius 2 is 1.73 bits per heavy atom. The Bertz CT molecular complexity index is 1310. The number of ether oxygens (including phenoxy) is 1. The normalized spacial score (nSPS) is 44.2. The first-order valence-corrected chi connectivity index (χ1v) is 14.2. The van der Waals surface area contributed by atoms with Gasteiger partial charge in [0.05, 0.1) is 33.7 Å². The van der Waals surface area contributed by atoms with E-state index in [0.29, 0.717) is 37.7 Å². The molecule has 0 saturated heterocycles. The molecule has 0 spiro atoms. The van der Waals surface area contributed by atoms with Gasteiger partial charge in [-0.25, -0.2) is 4.79 Å². The Morgan fingerprint density at radius 1 is 0.975 bits per heavy atom. The van der Waals surface area contributed by atoms with Gasteiger partial charge >= 0.3 is 5.97 Å². The third-order valence-electron chi connectivity index (χ3n) is 12.0. The van der Waals surface area contributed by atoms with Gasteiger partial charge in [0.1, 0.15) is 6.61 Å². The number of fused-ring (bicyclic) bond motifs is 5. The Labute approximate surface area is 231 Å². The van der Waals surface area contributed by atoms with Gasteiger partial charge < -0.3 is 20.1 Å². The summed E-state index contributed by atoms with van der Waals surface area (Å²) >= 11 is 0. The van der Waals surface area contributed by atoms with Crippen LogP contribution in [0, 0.1) is 54.7 Å². The molecule has 1 aromatic rings. The number of carbonyl (C=O) groups excluding carboxylic acids is 1. The lowest BCUT2D eigenvalue weighted by atomic mass is 9.40. The number of carbonyl (C=O) groups is 1. The molecule has 0 radical (unpaired) electrons. The van der Waals surface area contributed by atoms with Crippen LogP contribution in [0.2, 0.25) is 0 Å². The summed E-state index contributed by atoms with van der Waals surface area (Å²) in [6, 6.07) is 3.73. The molecule has 11 nitrogen and oxygen atoms in total. The van der Waals surface area contributed by atoms with Crippen LogP contribution in [-0.2, 0) is 9.53 Å². The van der Waals surface area contributed by atoms with Crippen molar-refractivity contribution in [2.45, 2.75) is 82.5 Å². The quantitative estimate of drug-likeness (QED) is 0.283. The van der Waals surface area contributed by atoms with Gasteiger partial charge in [0.15, 0.2) is 0 Å². The zero-order valence-corrected chi connectivity index (χ0v) is 22.7. The summed E-state index contributed by atoms with van der Waals surface area (Å²) in [5.74, 6) is -1.49. The van der Waals surface area contributed by atoms with Gasteiger partial charge in [-0.2, -0.15) is 0 Å². The highest BCUT2D eigenvalue weighted by Gasteiger charge is 2.72. The highest BCUT2D eigenvalue weighted by molar-refractivity contribution is 5.85. The van der Waals surface area contributed by atoms with Crippen LogP contribution < -0.4 is 0 Å². The highest BCUT2D eigenvalue weighted by atomic mass is 16.6. The molecule has 0 amide bonds. The van der Waals surface area contributed by atoms with Crippen molar-refractivity contribution in [2.75, 3.05) is 6.61 Å². The number of aliphatic hydroxyl groups excluding tert-OH is 2. The SMILES string of the molecule is C[C@]12C(c3ccc([N+](=O)[O-])cc3[N+](=O)[O-])C[C@@H](O)C[C@H]1CC[C@@H]1[C@@H]2C[C@@H](O)[C@]2(C)[C@@H](C3=CC(=O)OC3)CC[C@]12O. The number of nitro groups is 2. The van der Waals surface area contributed by atoms with Crippen LogP contribution in [0.1, 0.15) is 70.3 Å². The van der Waals surface area contributed by atoms with Crippen LogP contribution in [0.25, 0.3) is 0 Å². The number of hydrogen-bond acceptors (Lipinski definition) is 9. The number of aliphatic hydroxyl groups is 3. The lowest BCUT2D eigenvalue weighted by Crippen LogP contribution is -2.67. The minimum absolute atomic E-state index is 0.00165. The molecule has 4 fully saturated rings. The Hall–Kier alpha value is -2.89. The third kappa shape index (κ3) is 3.56. The van der Waals surface area contributed by atoms with Gasteiger partial charge in [0.25, 0.3) is 11.4 Å². The number of hydrogen-bond donors (Lipinski definition) is 3. The lowest BCUT2D eigenvalue weighted by Gasteiger charge is -2.66. The zero-order chi connectivity index (χ0) is 28.8. The predicted octanol–water partition coefficient (Wildman–Crippen LogP) is 3.79. The third-order valence-corrected chi connectivity index (χ3v) is 12.0. The molecule has 3 N–H and O–H groups in total. The van der Waals surface area contributed by atoms with E-state index in [9.17, 15) is 40.3 Å². The molecule has 4 saturated carbocycles. The Balaban J connectivity index is 1.44. The van der Waals surface area contributed by atoms with Crippen molar-refractivity contribution in [3.63, 3.8) is 0 Å². The van der Waals surface area contributed by atoms with Crippen molar-refractivity contribution in [2.24, 2.45) is 34.5 Å². The summed E-state index contributed by atoms with van der Waals surface area (Å²) in [6.07, 6.45) is 3.58. The largest absolute Gasteiger partial charge is 0.458 e. The van der Waals surface area contributed by atoms with Crippen molar-refractivity contribution in [3.05, 3.63) is 55.6 Å². The summed E-state index contributed by atoms with van der Waals surface area (Å²) < 4.78 is 5.18. The fourth-order valence-corrected chi connectivity index (χ4v) is 10.0. The molecule has 1 unspecified atom stereocenters. The Kier molecular flexibility index (Phi) is 6.18. The van der Waals surface area contributed by atoms with Gasteiger partial charge in [-0.1, -0.05) is 13.8 Å². The number of nitro benzene ring substituents is 2. The summed E-state index contributed by atoms with van der Waals surface area (Å²) in [4.78, 5) is 34.2. The van der Waals surface area contributed by atoms with Crippen LogP contribution in [0.15, 0.2) is 29.8 Å². The maximum Gasteiger partial charge on any atom is 0.331 e. The average Bonchev–Trinajstić information content (AvgIpc) is 3.45. The maximum absolute atomic E-state index is 12.5. The average molecular weight is 557 g/mol. The summed E-state index contributed by atoms with van der Waals surface area (Å²) in [6.45, 7) is 4.17. The number of rotatable bonds is 4. The Morgan fingerprint density at radius 3 is 2.38 bits per heavy atom. The predicted molar refractivity (Wildman–Crippen MR) is 141 cm³/mol. The first-order chi connectivity index (χ1) is 18.8. The van der Waals surface area contributed by atoms with Crippen LogP contribution >= 0.6 is 0 Å². The minimum Gasteiger partial charge on any atom is -0.458 e. The highest BCUT2D eigenvalue weighted by Crippen LogP contribution is 2.72. The molecule has 216 valence electrons. The fraction of sp³-hybridized carbons (Fsp3) is 0.690. The van der Waals surface area contributed by atoms with Gasteiger partial charge in [-0.3, -0.25) is 20.2 Å². The van der Waals surface area contributed by atoms with Crippen molar-refractivity contribution in [1.29, 1.82) is 0 Å². The molecule has 1 aliphatic heterocycles. The standard InChI is InChI=1S/C29H36N2O9/c1-27-16(10-18(32)12-22(27)19-5-4-17(30(36)37)11-24(19)31(38)39)3-6-21-23(27)13-25(33)28(2)20(7-8-29(21,28)35)15-9-26(34)40-14-15/h4-5,9,11,16,18,20-23,25,32-33,35H,3,6-8,10,12-14H2,1-2H3/t16-,18+,20-,21-,22?,23+,25-,27-,28+,29+/m1/s1. The second kappa shape index (κ2) is 9.06. The molecular weight excluding hydrogens is 520 g/mol. The number of cyclic esters (lactones) is 1. The molecule has 0 aromatic heterocycles. The van der Waals surface area contributed by atoms with E-state index in [0.717, 1.165) is 18.1 Å². The van der Waals surface area contributed by atoms with E-state index in [-0.39, 0.29) is 48.1 Å². The number of nitrogens with zero attached hydrogens (tertiary/aromatic N) is 2. The molecular formula is C29H36N2O9. The molecule has 6 rings (SSSR count). The van der Waals surface area contributed by atoms with E-state index in [1.807, 2.05) is 6.92 Å².